The highest BCUT2D eigenvalue weighted by Gasteiger charge is 1.97. The summed E-state index contributed by atoms with van der Waals surface area (Å²) in [5, 5.41) is 0. The van der Waals surface area contributed by atoms with E-state index in [1.165, 1.54) is 205 Å². The van der Waals surface area contributed by atoms with Crippen molar-refractivity contribution in [3.8, 4) is 0 Å². The van der Waals surface area contributed by atoms with Gasteiger partial charge in [0.1, 0.15) is 0 Å². The molecule has 0 aliphatic carbocycles. The van der Waals surface area contributed by atoms with E-state index in [4.69, 9.17) is 4.74 Å². The lowest BCUT2D eigenvalue weighted by atomic mass is 10.0. The highest BCUT2D eigenvalue weighted by Crippen LogP contribution is 2.16. The Bertz CT molecular complexity index is 332. The number of ether oxygens (including phenoxy) is 1. The Hall–Kier alpha value is -0.0400. The second-order valence-electron chi connectivity index (χ2n) is 12.2. The van der Waals surface area contributed by atoms with Gasteiger partial charge in [0.2, 0.25) is 0 Å². The topological polar surface area (TPSA) is 9.23 Å². The summed E-state index contributed by atoms with van der Waals surface area (Å²) in [5.41, 5.74) is 0. The average Bonchev–Trinajstić information content (AvgIpc) is 2.91. The zero-order valence-electron chi connectivity index (χ0n) is 26.4. The first kappa shape index (κ1) is 37.0. The molecular formula is C36H74O. The van der Waals surface area contributed by atoms with Crippen molar-refractivity contribution in [2.45, 2.75) is 219 Å². The van der Waals surface area contributed by atoms with Crippen LogP contribution < -0.4 is 0 Å². The standard InChI is InChI=1S/C36H74O/c1-3-5-6-7-8-9-10-11-12-13-14-15-16-17-18-19-20-21-22-23-24-25-26-27-28-29-30-31-32-33-34-35-36-37-4-2/h3-36H2,1-2H3. The maximum atomic E-state index is 5.40. The van der Waals surface area contributed by atoms with Crippen LogP contribution in [0.4, 0.5) is 0 Å². The van der Waals surface area contributed by atoms with Gasteiger partial charge in [-0.3, -0.25) is 0 Å². The molecule has 0 saturated carbocycles. The van der Waals surface area contributed by atoms with Gasteiger partial charge in [0.25, 0.3) is 0 Å². The minimum Gasteiger partial charge on any atom is -0.382 e. The normalized spacial score (nSPS) is 11.5. The molecule has 0 spiro atoms. The van der Waals surface area contributed by atoms with E-state index in [-0.39, 0.29) is 0 Å². The fraction of sp³-hybridized carbons (Fsp3) is 1.00. The highest BCUT2D eigenvalue weighted by molar-refractivity contribution is 4.52. The van der Waals surface area contributed by atoms with Gasteiger partial charge < -0.3 is 4.74 Å². The molecule has 1 nitrogen and oxygen atoms in total. The molecule has 0 aliphatic heterocycles. The molecule has 0 fully saturated rings. The molecule has 0 aromatic carbocycles. The molecule has 0 unspecified atom stereocenters. The molecule has 0 bridgehead atoms. The molecule has 0 heterocycles. The van der Waals surface area contributed by atoms with Crippen LogP contribution in [0.2, 0.25) is 0 Å². The van der Waals surface area contributed by atoms with Crippen molar-refractivity contribution in [3.63, 3.8) is 0 Å². The van der Waals surface area contributed by atoms with Gasteiger partial charge in [0.15, 0.2) is 0 Å². The van der Waals surface area contributed by atoms with Gasteiger partial charge in [-0.2, -0.15) is 0 Å². The second-order valence-corrected chi connectivity index (χ2v) is 12.2. The molecule has 0 radical (unpaired) electrons. The number of hydrogen-bond acceptors (Lipinski definition) is 1. The SMILES string of the molecule is CCCCCCCCCCCCCCCCCCCCCCCCCCCCCCCCCCOCC. The summed E-state index contributed by atoms with van der Waals surface area (Å²) in [6.45, 7) is 6.24. The summed E-state index contributed by atoms with van der Waals surface area (Å²) in [6, 6.07) is 0. The summed E-state index contributed by atoms with van der Waals surface area (Å²) in [5.74, 6) is 0. The molecule has 0 rings (SSSR count). The van der Waals surface area contributed by atoms with Crippen LogP contribution in [0.1, 0.15) is 219 Å². The molecule has 0 amide bonds. The maximum absolute atomic E-state index is 5.40. The number of rotatable bonds is 34. The van der Waals surface area contributed by atoms with E-state index in [1.54, 1.807) is 0 Å². The van der Waals surface area contributed by atoms with Crippen LogP contribution >= 0.6 is 0 Å². The fourth-order valence-corrected chi connectivity index (χ4v) is 5.72. The summed E-state index contributed by atoms with van der Waals surface area (Å²) in [7, 11) is 0. The Morgan fingerprint density at radius 3 is 0.622 bits per heavy atom. The second kappa shape index (κ2) is 36.0. The molecule has 37 heavy (non-hydrogen) atoms. The molecular weight excluding hydrogens is 448 g/mol. The van der Waals surface area contributed by atoms with Crippen molar-refractivity contribution in [1.82, 2.24) is 0 Å². The smallest absolute Gasteiger partial charge is 0.0465 e. The monoisotopic (exact) mass is 523 g/mol. The summed E-state index contributed by atoms with van der Waals surface area (Å²) in [6.07, 6.45) is 46.9. The van der Waals surface area contributed by atoms with Gasteiger partial charge in [0.05, 0.1) is 0 Å². The lowest BCUT2D eigenvalue weighted by molar-refractivity contribution is 0.143. The van der Waals surface area contributed by atoms with Gasteiger partial charge in [0, 0.05) is 13.2 Å². The van der Waals surface area contributed by atoms with Crippen molar-refractivity contribution in [1.29, 1.82) is 0 Å². The third-order valence-electron chi connectivity index (χ3n) is 8.35. The highest BCUT2D eigenvalue weighted by atomic mass is 16.5. The van der Waals surface area contributed by atoms with Crippen molar-refractivity contribution in [2.75, 3.05) is 13.2 Å². The van der Waals surface area contributed by atoms with Crippen molar-refractivity contribution in [3.05, 3.63) is 0 Å². The third kappa shape index (κ3) is 36.0. The van der Waals surface area contributed by atoms with Crippen LogP contribution in [-0.2, 0) is 4.74 Å². The quantitative estimate of drug-likeness (QED) is 0.0763. The Balaban J connectivity index is 3.00. The van der Waals surface area contributed by atoms with E-state index >= 15 is 0 Å². The van der Waals surface area contributed by atoms with Crippen LogP contribution in [0.5, 0.6) is 0 Å². The zero-order chi connectivity index (χ0) is 26.7. The van der Waals surface area contributed by atoms with Crippen molar-refractivity contribution >= 4 is 0 Å². The molecule has 0 aliphatic rings. The van der Waals surface area contributed by atoms with Gasteiger partial charge in [-0.15, -0.1) is 0 Å². The van der Waals surface area contributed by atoms with Gasteiger partial charge in [-0.05, 0) is 13.3 Å². The summed E-state index contributed by atoms with van der Waals surface area (Å²) >= 11 is 0. The Morgan fingerprint density at radius 1 is 0.243 bits per heavy atom. The number of unbranched alkanes of at least 4 members (excludes halogenated alkanes) is 31. The minimum atomic E-state index is 0.875. The van der Waals surface area contributed by atoms with E-state index < -0.39 is 0 Å². The summed E-state index contributed by atoms with van der Waals surface area (Å²) in [4.78, 5) is 0. The van der Waals surface area contributed by atoms with Crippen molar-refractivity contribution < 1.29 is 4.74 Å². The Labute approximate surface area is 237 Å². The van der Waals surface area contributed by atoms with Crippen LogP contribution in [0.3, 0.4) is 0 Å². The van der Waals surface area contributed by atoms with Gasteiger partial charge in [-0.1, -0.05) is 206 Å². The molecule has 0 N–H and O–H groups in total. The molecule has 224 valence electrons. The third-order valence-corrected chi connectivity index (χ3v) is 8.35. The predicted octanol–water partition coefficient (Wildman–Crippen LogP) is 13.5. The van der Waals surface area contributed by atoms with Crippen molar-refractivity contribution in [2.24, 2.45) is 0 Å². The maximum Gasteiger partial charge on any atom is 0.0465 e. The van der Waals surface area contributed by atoms with E-state index in [1.807, 2.05) is 0 Å². The van der Waals surface area contributed by atoms with E-state index in [2.05, 4.69) is 13.8 Å². The lowest BCUT2D eigenvalue weighted by Crippen LogP contribution is -1.92. The van der Waals surface area contributed by atoms with Crippen LogP contribution in [0.15, 0.2) is 0 Å². The van der Waals surface area contributed by atoms with E-state index in [0.29, 0.717) is 0 Å². The number of hydrogen-bond donors (Lipinski definition) is 0. The minimum absolute atomic E-state index is 0.875. The molecule has 0 aromatic rings. The van der Waals surface area contributed by atoms with Gasteiger partial charge >= 0.3 is 0 Å². The first-order chi connectivity index (χ1) is 18.4. The largest absolute Gasteiger partial charge is 0.382 e. The Kier molecular flexibility index (Phi) is 35.9. The van der Waals surface area contributed by atoms with Crippen LogP contribution in [0, 0.1) is 0 Å². The van der Waals surface area contributed by atoms with Crippen LogP contribution in [-0.4, -0.2) is 13.2 Å². The summed E-state index contributed by atoms with van der Waals surface area (Å²) < 4.78 is 5.40. The molecule has 0 atom stereocenters. The first-order valence-corrected chi connectivity index (χ1v) is 18.0. The average molecular weight is 523 g/mol. The van der Waals surface area contributed by atoms with E-state index in [0.717, 1.165) is 13.2 Å². The predicted molar refractivity (Wildman–Crippen MR) is 170 cm³/mol. The lowest BCUT2D eigenvalue weighted by Gasteiger charge is -2.05. The molecule has 0 aromatic heterocycles. The fourth-order valence-electron chi connectivity index (χ4n) is 5.72. The van der Waals surface area contributed by atoms with Gasteiger partial charge in [-0.25, -0.2) is 0 Å². The molecule has 0 saturated heterocycles. The Morgan fingerprint density at radius 2 is 0.432 bits per heavy atom. The zero-order valence-corrected chi connectivity index (χ0v) is 26.4. The first-order valence-electron chi connectivity index (χ1n) is 18.0. The van der Waals surface area contributed by atoms with E-state index in [9.17, 15) is 0 Å². The van der Waals surface area contributed by atoms with Crippen LogP contribution in [0.25, 0.3) is 0 Å². The molecule has 1 heteroatoms.